The summed E-state index contributed by atoms with van der Waals surface area (Å²) in [6.45, 7) is 0.556. The second-order valence-corrected chi connectivity index (χ2v) is 6.09. The fourth-order valence-corrected chi connectivity index (χ4v) is 2.56. The van der Waals surface area contributed by atoms with E-state index in [-0.39, 0.29) is 36.3 Å². The number of carbonyl (C=O) groups is 2. The van der Waals surface area contributed by atoms with Crippen LogP contribution in [-0.2, 0) is 13.1 Å². The SMILES string of the molecule is O=C(NCc1ccccn1)c1cccc(C(=O)NCc2ccccc2Cl)n1. The molecular weight excluding hydrogens is 364 g/mol. The van der Waals surface area contributed by atoms with Crippen molar-refractivity contribution in [3.63, 3.8) is 0 Å². The zero-order valence-corrected chi connectivity index (χ0v) is 15.1. The second-order valence-electron chi connectivity index (χ2n) is 5.69. The molecule has 0 radical (unpaired) electrons. The number of hydrogen-bond acceptors (Lipinski definition) is 4. The monoisotopic (exact) mass is 380 g/mol. The number of rotatable bonds is 6. The molecule has 2 aromatic heterocycles. The smallest absolute Gasteiger partial charge is 0.270 e. The Bertz CT molecular complexity index is 947. The van der Waals surface area contributed by atoms with E-state index < -0.39 is 0 Å². The van der Waals surface area contributed by atoms with Crippen LogP contribution in [-0.4, -0.2) is 21.8 Å². The van der Waals surface area contributed by atoms with Crippen molar-refractivity contribution in [3.05, 3.63) is 94.5 Å². The summed E-state index contributed by atoms with van der Waals surface area (Å²) in [5.74, 6) is -0.754. The Morgan fingerprint density at radius 3 is 2.15 bits per heavy atom. The molecule has 7 heteroatoms. The third kappa shape index (κ3) is 5.12. The first kappa shape index (κ1) is 18.5. The molecule has 0 spiro atoms. The second kappa shape index (κ2) is 8.91. The molecular formula is C20H17ClN4O2. The van der Waals surface area contributed by atoms with Crippen LogP contribution in [0.15, 0.2) is 66.9 Å². The highest BCUT2D eigenvalue weighted by molar-refractivity contribution is 6.31. The van der Waals surface area contributed by atoms with Crippen molar-refractivity contribution >= 4 is 23.4 Å². The molecule has 2 heterocycles. The summed E-state index contributed by atoms with van der Waals surface area (Å²) in [6.07, 6.45) is 1.66. The van der Waals surface area contributed by atoms with E-state index in [1.54, 1.807) is 36.5 Å². The van der Waals surface area contributed by atoms with Gasteiger partial charge < -0.3 is 10.6 Å². The fourth-order valence-electron chi connectivity index (χ4n) is 2.36. The Labute approximate surface area is 161 Å². The Balaban J connectivity index is 1.61. The summed E-state index contributed by atoms with van der Waals surface area (Å²) in [5, 5.41) is 6.06. The van der Waals surface area contributed by atoms with Crippen molar-refractivity contribution in [1.82, 2.24) is 20.6 Å². The number of halogens is 1. The molecule has 6 nitrogen and oxygen atoms in total. The predicted octanol–water partition coefficient (Wildman–Crippen LogP) is 2.99. The molecule has 3 rings (SSSR count). The highest BCUT2D eigenvalue weighted by atomic mass is 35.5. The first-order valence-corrected chi connectivity index (χ1v) is 8.68. The third-order valence-corrected chi connectivity index (χ3v) is 4.14. The predicted molar refractivity (Wildman–Crippen MR) is 102 cm³/mol. The van der Waals surface area contributed by atoms with E-state index in [9.17, 15) is 9.59 Å². The lowest BCUT2D eigenvalue weighted by Crippen LogP contribution is -2.27. The van der Waals surface area contributed by atoms with Gasteiger partial charge in [0.05, 0.1) is 12.2 Å². The lowest BCUT2D eigenvalue weighted by atomic mass is 10.2. The largest absolute Gasteiger partial charge is 0.347 e. The van der Waals surface area contributed by atoms with Gasteiger partial charge in [-0.3, -0.25) is 14.6 Å². The van der Waals surface area contributed by atoms with Crippen LogP contribution in [0, 0.1) is 0 Å². The topological polar surface area (TPSA) is 84.0 Å². The van der Waals surface area contributed by atoms with Crippen molar-refractivity contribution < 1.29 is 9.59 Å². The fraction of sp³-hybridized carbons (Fsp3) is 0.100. The lowest BCUT2D eigenvalue weighted by molar-refractivity contribution is 0.0941. The summed E-state index contributed by atoms with van der Waals surface area (Å²) in [6, 6.07) is 17.4. The molecule has 0 aliphatic heterocycles. The van der Waals surface area contributed by atoms with Gasteiger partial charge in [-0.15, -0.1) is 0 Å². The molecule has 0 atom stereocenters. The molecule has 0 fully saturated rings. The van der Waals surface area contributed by atoms with Crippen molar-refractivity contribution in [2.45, 2.75) is 13.1 Å². The number of hydrogen-bond donors (Lipinski definition) is 2. The first-order valence-electron chi connectivity index (χ1n) is 8.30. The van der Waals surface area contributed by atoms with E-state index in [1.807, 2.05) is 30.3 Å². The maximum atomic E-state index is 12.3. The van der Waals surface area contributed by atoms with Crippen molar-refractivity contribution in [3.8, 4) is 0 Å². The average Bonchev–Trinajstić information content (AvgIpc) is 2.72. The minimum atomic E-state index is -0.380. The minimum absolute atomic E-state index is 0.160. The number of amides is 2. The normalized spacial score (nSPS) is 10.3. The minimum Gasteiger partial charge on any atom is -0.347 e. The van der Waals surface area contributed by atoms with Gasteiger partial charge in [-0.25, -0.2) is 4.98 Å². The molecule has 0 unspecified atom stereocenters. The van der Waals surface area contributed by atoms with Crippen molar-refractivity contribution in [1.29, 1.82) is 0 Å². The zero-order valence-electron chi connectivity index (χ0n) is 14.4. The standard InChI is InChI=1S/C20H17ClN4O2/c21-16-8-2-1-6-14(16)12-23-19(26)17-9-5-10-18(25-17)20(27)24-13-15-7-3-4-11-22-15/h1-11H,12-13H2,(H,23,26)(H,24,27). The van der Waals surface area contributed by atoms with Crippen LogP contribution in [0.4, 0.5) is 0 Å². The van der Waals surface area contributed by atoms with Crippen LogP contribution in [0.25, 0.3) is 0 Å². The third-order valence-electron chi connectivity index (χ3n) is 3.77. The summed E-state index contributed by atoms with van der Waals surface area (Å²) in [5.41, 5.74) is 1.86. The van der Waals surface area contributed by atoms with Gasteiger partial charge in [0.15, 0.2) is 0 Å². The van der Waals surface area contributed by atoms with Crippen LogP contribution >= 0.6 is 11.6 Å². The van der Waals surface area contributed by atoms with Crippen LogP contribution in [0.3, 0.4) is 0 Å². The zero-order chi connectivity index (χ0) is 19.1. The maximum Gasteiger partial charge on any atom is 0.270 e. The molecule has 136 valence electrons. The van der Waals surface area contributed by atoms with E-state index in [1.165, 1.54) is 0 Å². The number of aromatic nitrogens is 2. The molecule has 27 heavy (non-hydrogen) atoms. The molecule has 0 saturated carbocycles. The van der Waals surface area contributed by atoms with Gasteiger partial charge in [0.25, 0.3) is 11.8 Å². The Morgan fingerprint density at radius 2 is 1.48 bits per heavy atom. The summed E-state index contributed by atoms with van der Waals surface area (Å²) >= 11 is 6.08. The molecule has 2 N–H and O–H groups in total. The van der Waals surface area contributed by atoms with Crippen molar-refractivity contribution in [2.75, 3.05) is 0 Å². The van der Waals surface area contributed by atoms with E-state index >= 15 is 0 Å². The molecule has 0 aliphatic carbocycles. The molecule has 2 amide bonds. The molecule has 1 aromatic carbocycles. The molecule has 3 aromatic rings. The highest BCUT2D eigenvalue weighted by Gasteiger charge is 2.12. The van der Waals surface area contributed by atoms with Gasteiger partial charge in [-0.2, -0.15) is 0 Å². The summed E-state index contributed by atoms with van der Waals surface area (Å²) < 4.78 is 0. The van der Waals surface area contributed by atoms with Crippen LogP contribution < -0.4 is 10.6 Å². The van der Waals surface area contributed by atoms with E-state index in [2.05, 4.69) is 20.6 Å². The maximum absolute atomic E-state index is 12.3. The average molecular weight is 381 g/mol. The quantitative estimate of drug-likeness (QED) is 0.688. The van der Waals surface area contributed by atoms with Gasteiger partial charge in [0, 0.05) is 17.8 Å². The molecule has 0 bridgehead atoms. The summed E-state index contributed by atoms with van der Waals surface area (Å²) in [4.78, 5) is 32.9. The Kier molecular flexibility index (Phi) is 6.12. The van der Waals surface area contributed by atoms with Crippen LogP contribution in [0.2, 0.25) is 5.02 Å². The van der Waals surface area contributed by atoms with Gasteiger partial charge in [0.2, 0.25) is 0 Å². The summed E-state index contributed by atoms with van der Waals surface area (Å²) in [7, 11) is 0. The first-order chi connectivity index (χ1) is 13.1. The Hall–Kier alpha value is -3.25. The number of benzene rings is 1. The van der Waals surface area contributed by atoms with E-state index in [4.69, 9.17) is 11.6 Å². The Morgan fingerprint density at radius 1 is 0.815 bits per heavy atom. The van der Waals surface area contributed by atoms with Crippen molar-refractivity contribution in [2.24, 2.45) is 0 Å². The van der Waals surface area contributed by atoms with Gasteiger partial charge >= 0.3 is 0 Å². The van der Waals surface area contributed by atoms with Gasteiger partial charge in [-0.1, -0.05) is 41.9 Å². The van der Waals surface area contributed by atoms with Crippen LogP contribution in [0.5, 0.6) is 0 Å². The van der Waals surface area contributed by atoms with E-state index in [0.717, 1.165) is 11.3 Å². The number of pyridine rings is 2. The van der Waals surface area contributed by atoms with Crippen LogP contribution in [0.1, 0.15) is 32.2 Å². The number of nitrogens with zero attached hydrogens (tertiary/aromatic N) is 2. The number of carbonyl (C=O) groups excluding carboxylic acids is 2. The van der Waals surface area contributed by atoms with E-state index in [0.29, 0.717) is 5.02 Å². The highest BCUT2D eigenvalue weighted by Crippen LogP contribution is 2.14. The number of nitrogens with one attached hydrogen (secondary N) is 2. The molecule has 0 saturated heterocycles. The lowest BCUT2D eigenvalue weighted by Gasteiger charge is -2.08. The molecule has 0 aliphatic rings. The van der Waals surface area contributed by atoms with Gasteiger partial charge in [-0.05, 0) is 35.9 Å². The van der Waals surface area contributed by atoms with Gasteiger partial charge in [0.1, 0.15) is 11.4 Å².